The minimum Gasteiger partial charge on any atom is -0.453 e. The number of Topliss-reactive ketones (excluding diaryl/α,β-unsaturated/α-hetero) is 1. The standard InChI is InChI=1S/C14H17NO4S/c1-9-4-3-5-10-8-12(19-14(9)10)13(16)11(15)6-7-20(2,17)18/h3-5,8,11H,6-7,15H2,1-2H3. The number of carbonyl (C=O) groups excluding carboxylic acids is 1. The first kappa shape index (κ1) is 14.7. The molecule has 1 atom stereocenters. The number of furan rings is 1. The lowest BCUT2D eigenvalue weighted by Gasteiger charge is -2.07. The maximum absolute atomic E-state index is 12.1. The third kappa shape index (κ3) is 3.26. The van der Waals surface area contributed by atoms with Gasteiger partial charge in [0.2, 0.25) is 5.78 Å². The zero-order chi connectivity index (χ0) is 14.9. The van der Waals surface area contributed by atoms with Gasteiger partial charge in [-0.25, -0.2) is 8.42 Å². The first-order valence-electron chi connectivity index (χ1n) is 6.24. The van der Waals surface area contributed by atoms with Gasteiger partial charge in [-0.15, -0.1) is 0 Å². The Bertz CT molecular complexity index is 746. The van der Waals surface area contributed by atoms with Crippen molar-refractivity contribution < 1.29 is 17.6 Å². The summed E-state index contributed by atoms with van der Waals surface area (Å²) < 4.78 is 27.7. The number of carbonyl (C=O) groups is 1. The van der Waals surface area contributed by atoms with Crippen molar-refractivity contribution in [1.82, 2.24) is 0 Å². The second-order valence-corrected chi connectivity index (χ2v) is 7.25. The van der Waals surface area contributed by atoms with E-state index in [1.807, 2.05) is 25.1 Å². The van der Waals surface area contributed by atoms with Crippen molar-refractivity contribution in [3.8, 4) is 0 Å². The summed E-state index contributed by atoms with van der Waals surface area (Å²) >= 11 is 0. The van der Waals surface area contributed by atoms with E-state index in [9.17, 15) is 13.2 Å². The fourth-order valence-electron chi connectivity index (χ4n) is 1.99. The molecule has 1 aromatic heterocycles. The van der Waals surface area contributed by atoms with Gasteiger partial charge in [0.25, 0.3) is 0 Å². The Labute approximate surface area is 117 Å². The molecule has 0 spiro atoms. The van der Waals surface area contributed by atoms with Crippen molar-refractivity contribution in [3.63, 3.8) is 0 Å². The van der Waals surface area contributed by atoms with E-state index in [-0.39, 0.29) is 23.7 Å². The van der Waals surface area contributed by atoms with Crippen molar-refractivity contribution in [2.24, 2.45) is 5.73 Å². The Morgan fingerprint density at radius 2 is 2.10 bits per heavy atom. The summed E-state index contributed by atoms with van der Waals surface area (Å²) in [6, 6.07) is 6.40. The molecule has 0 saturated carbocycles. The number of fused-ring (bicyclic) bond motifs is 1. The number of ketones is 1. The van der Waals surface area contributed by atoms with Crippen LogP contribution < -0.4 is 5.73 Å². The van der Waals surface area contributed by atoms with Crippen LogP contribution in [0.5, 0.6) is 0 Å². The summed E-state index contributed by atoms with van der Waals surface area (Å²) in [4.78, 5) is 12.1. The second kappa shape index (κ2) is 5.38. The largest absolute Gasteiger partial charge is 0.453 e. The lowest BCUT2D eigenvalue weighted by molar-refractivity contribution is 0.0934. The van der Waals surface area contributed by atoms with Crippen LogP contribution in [0.1, 0.15) is 22.5 Å². The average Bonchev–Trinajstić information content (AvgIpc) is 2.79. The molecule has 0 saturated heterocycles. The van der Waals surface area contributed by atoms with Gasteiger partial charge in [-0.1, -0.05) is 18.2 Å². The summed E-state index contributed by atoms with van der Waals surface area (Å²) in [6.07, 6.45) is 1.21. The van der Waals surface area contributed by atoms with E-state index in [1.165, 1.54) is 0 Å². The van der Waals surface area contributed by atoms with Crippen LogP contribution in [0.15, 0.2) is 28.7 Å². The van der Waals surface area contributed by atoms with Gasteiger partial charge < -0.3 is 10.2 Å². The number of hydrogen-bond donors (Lipinski definition) is 1. The Hall–Kier alpha value is -1.66. The van der Waals surface area contributed by atoms with Crippen LogP contribution in [-0.2, 0) is 9.84 Å². The predicted molar refractivity (Wildman–Crippen MR) is 77.6 cm³/mol. The first-order valence-corrected chi connectivity index (χ1v) is 8.30. The number of hydrogen-bond acceptors (Lipinski definition) is 5. The highest BCUT2D eigenvalue weighted by atomic mass is 32.2. The highest BCUT2D eigenvalue weighted by Gasteiger charge is 2.21. The summed E-state index contributed by atoms with van der Waals surface area (Å²) in [6.45, 7) is 1.89. The van der Waals surface area contributed by atoms with Crippen LogP contribution in [0.25, 0.3) is 11.0 Å². The molecule has 2 N–H and O–H groups in total. The molecule has 2 aromatic rings. The van der Waals surface area contributed by atoms with Crippen molar-refractivity contribution >= 4 is 26.6 Å². The van der Waals surface area contributed by atoms with E-state index < -0.39 is 15.9 Å². The molecule has 0 amide bonds. The first-order chi connectivity index (χ1) is 9.28. The fraction of sp³-hybridized carbons (Fsp3) is 0.357. The topological polar surface area (TPSA) is 90.4 Å². The zero-order valence-electron chi connectivity index (χ0n) is 11.4. The van der Waals surface area contributed by atoms with Gasteiger partial charge in [-0.3, -0.25) is 4.79 Å². The minimum absolute atomic E-state index is 0.0910. The summed E-state index contributed by atoms with van der Waals surface area (Å²) in [7, 11) is -3.13. The van der Waals surface area contributed by atoms with Crippen LogP contribution in [0.4, 0.5) is 0 Å². The number of rotatable bonds is 5. The molecule has 1 unspecified atom stereocenters. The van der Waals surface area contributed by atoms with E-state index in [1.54, 1.807) is 6.07 Å². The van der Waals surface area contributed by atoms with Gasteiger partial charge in [-0.2, -0.15) is 0 Å². The maximum Gasteiger partial charge on any atom is 0.214 e. The third-order valence-electron chi connectivity index (χ3n) is 3.12. The van der Waals surface area contributed by atoms with Crippen LogP contribution in [0, 0.1) is 6.92 Å². The molecule has 0 fully saturated rings. The highest BCUT2D eigenvalue weighted by molar-refractivity contribution is 7.90. The summed E-state index contributed by atoms with van der Waals surface area (Å²) in [5.41, 5.74) is 7.34. The van der Waals surface area contributed by atoms with Gasteiger partial charge in [0.15, 0.2) is 5.76 Å². The number of para-hydroxylation sites is 1. The predicted octanol–water partition coefficient (Wildman–Crippen LogP) is 1.69. The molecule has 0 aliphatic heterocycles. The van der Waals surface area contributed by atoms with Gasteiger partial charge in [0.05, 0.1) is 11.8 Å². The van der Waals surface area contributed by atoms with E-state index in [2.05, 4.69) is 0 Å². The summed E-state index contributed by atoms with van der Waals surface area (Å²) in [5.74, 6) is -0.307. The Morgan fingerprint density at radius 1 is 1.40 bits per heavy atom. The molecular formula is C14H17NO4S. The molecule has 1 heterocycles. The number of sulfone groups is 1. The molecule has 1 aromatic carbocycles. The third-order valence-corrected chi connectivity index (χ3v) is 4.10. The van der Waals surface area contributed by atoms with Gasteiger partial charge >= 0.3 is 0 Å². The number of nitrogens with two attached hydrogens (primary N) is 1. The maximum atomic E-state index is 12.1. The smallest absolute Gasteiger partial charge is 0.214 e. The van der Waals surface area contributed by atoms with Crippen LogP contribution in [-0.4, -0.2) is 32.3 Å². The van der Waals surface area contributed by atoms with Gasteiger partial charge in [-0.05, 0) is 25.0 Å². The zero-order valence-corrected chi connectivity index (χ0v) is 12.2. The van der Waals surface area contributed by atoms with E-state index in [0.29, 0.717) is 5.58 Å². The van der Waals surface area contributed by atoms with Crippen LogP contribution in [0.3, 0.4) is 0 Å². The molecule has 6 heteroatoms. The quantitative estimate of drug-likeness (QED) is 0.848. The molecule has 0 aliphatic carbocycles. The number of aryl methyl sites for hydroxylation is 1. The average molecular weight is 295 g/mol. The lowest BCUT2D eigenvalue weighted by Crippen LogP contribution is -2.32. The molecule has 20 heavy (non-hydrogen) atoms. The second-order valence-electron chi connectivity index (χ2n) is 4.99. The van der Waals surface area contributed by atoms with E-state index >= 15 is 0 Å². The normalized spacial score (nSPS) is 13.6. The van der Waals surface area contributed by atoms with Crippen molar-refractivity contribution in [2.75, 3.05) is 12.0 Å². The molecule has 108 valence electrons. The van der Waals surface area contributed by atoms with Crippen LogP contribution >= 0.6 is 0 Å². The molecule has 2 rings (SSSR count). The fourth-order valence-corrected chi connectivity index (χ4v) is 2.67. The molecule has 5 nitrogen and oxygen atoms in total. The highest BCUT2D eigenvalue weighted by Crippen LogP contribution is 2.23. The summed E-state index contributed by atoms with van der Waals surface area (Å²) in [5, 5.41) is 0.837. The Morgan fingerprint density at radius 3 is 2.70 bits per heavy atom. The SMILES string of the molecule is Cc1cccc2cc(C(=O)C(N)CCS(C)(=O)=O)oc12. The van der Waals surface area contributed by atoms with E-state index in [4.69, 9.17) is 10.2 Å². The Balaban J connectivity index is 2.21. The molecule has 0 bridgehead atoms. The minimum atomic E-state index is -3.13. The van der Waals surface area contributed by atoms with E-state index in [0.717, 1.165) is 17.2 Å². The van der Waals surface area contributed by atoms with Gasteiger partial charge in [0.1, 0.15) is 15.4 Å². The molecule has 0 aliphatic rings. The molecule has 0 radical (unpaired) electrons. The monoisotopic (exact) mass is 295 g/mol. The Kier molecular flexibility index (Phi) is 3.96. The van der Waals surface area contributed by atoms with Gasteiger partial charge in [0, 0.05) is 11.6 Å². The van der Waals surface area contributed by atoms with Crippen molar-refractivity contribution in [2.45, 2.75) is 19.4 Å². The molecular weight excluding hydrogens is 278 g/mol. The number of benzene rings is 1. The van der Waals surface area contributed by atoms with Crippen molar-refractivity contribution in [3.05, 3.63) is 35.6 Å². The van der Waals surface area contributed by atoms with Crippen LogP contribution in [0.2, 0.25) is 0 Å². The lowest BCUT2D eigenvalue weighted by atomic mass is 10.1. The van der Waals surface area contributed by atoms with Crippen molar-refractivity contribution in [1.29, 1.82) is 0 Å².